The summed E-state index contributed by atoms with van der Waals surface area (Å²) in [6, 6.07) is 4.35. The van der Waals surface area contributed by atoms with Gasteiger partial charge in [0.1, 0.15) is 0 Å². The molecule has 0 aromatic heterocycles. The minimum Gasteiger partial charge on any atom is -0.325 e. The molecule has 1 rings (SSSR count). The molecule has 1 atom stereocenters. The van der Waals surface area contributed by atoms with Crippen LogP contribution in [-0.4, -0.2) is 24.0 Å². The number of carbonyl (C=O) groups excluding carboxylic acids is 1. The van der Waals surface area contributed by atoms with E-state index in [2.05, 4.69) is 5.32 Å². The highest BCUT2D eigenvalue weighted by Crippen LogP contribution is 2.22. The van der Waals surface area contributed by atoms with Crippen molar-refractivity contribution >= 4 is 46.6 Å². The third-order valence-electron chi connectivity index (χ3n) is 2.10. The van der Waals surface area contributed by atoms with Crippen LogP contribution in [0.4, 0.5) is 5.69 Å². The molecule has 0 bridgehead atoms. The first kappa shape index (κ1) is 14.6. The third kappa shape index (κ3) is 5.17. The van der Waals surface area contributed by atoms with E-state index in [1.807, 2.05) is 6.26 Å². The van der Waals surface area contributed by atoms with E-state index in [1.165, 1.54) is 0 Å². The van der Waals surface area contributed by atoms with Crippen molar-refractivity contribution in [2.45, 2.75) is 12.5 Å². The quantitative estimate of drug-likeness (QED) is 0.877. The molecule has 0 fully saturated rings. The van der Waals surface area contributed by atoms with Crippen molar-refractivity contribution in [3.05, 3.63) is 28.2 Å². The monoisotopic (exact) mass is 292 g/mol. The molecule has 0 saturated heterocycles. The molecule has 0 spiro atoms. The molecule has 0 aliphatic carbocycles. The summed E-state index contributed by atoms with van der Waals surface area (Å²) in [5, 5.41) is 3.64. The van der Waals surface area contributed by atoms with Gasteiger partial charge >= 0.3 is 0 Å². The predicted octanol–water partition coefficient (Wildman–Crippen LogP) is 3.01. The Bertz CT molecular complexity index is 381. The van der Waals surface area contributed by atoms with Gasteiger partial charge in [-0.25, -0.2) is 0 Å². The van der Waals surface area contributed by atoms with Gasteiger partial charge in [0, 0.05) is 15.7 Å². The molecule has 1 aromatic carbocycles. The Labute approximate surface area is 115 Å². The van der Waals surface area contributed by atoms with Crippen LogP contribution in [0, 0.1) is 0 Å². The zero-order chi connectivity index (χ0) is 12.8. The number of nitrogens with two attached hydrogens (primary N) is 1. The second-order valence-corrected chi connectivity index (χ2v) is 5.39. The number of hydrogen-bond acceptors (Lipinski definition) is 3. The van der Waals surface area contributed by atoms with Crippen LogP contribution in [0.1, 0.15) is 6.42 Å². The Morgan fingerprint density at radius 3 is 2.53 bits per heavy atom. The maximum atomic E-state index is 11.7. The normalized spacial score (nSPS) is 12.2. The molecule has 94 valence electrons. The number of thioether (sulfide) groups is 1. The van der Waals surface area contributed by atoms with Gasteiger partial charge in [0.2, 0.25) is 5.91 Å². The highest BCUT2D eigenvalue weighted by Gasteiger charge is 2.13. The number of hydrogen-bond donors (Lipinski definition) is 2. The number of halogens is 2. The molecule has 0 aliphatic heterocycles. The average molecular weight is 293 g/mol. The Morgan fingerprint density at radius 1 is 1.41 bits per heavy atom. The molecule has 1 amide bonds. The summed E-state index contributed by atoms with van der Waals surface area (Å²) >= 11 is 13.3. The van der Waals surface area contributed by atoms with E-state index in [0.717, 1.165) is 5.75 Å². The molecule has 0 aliphatic rings. The topological polar surface area (TPSA) is 55.1 Å². The van der Waals surface area contributed by atoms with Crippen LogP contribution in [0.25, 0.3) is 0 Å². The van der Waals surface area contributed by atoms with E-state index in [9.17, 15) is 4.79 Å². The van der Waals surface area contributed by atoms with Gasteiger partial charge in [-0.3, -0.25) is 4.79 Å². The first-order chi connectivity index (χ1) is 8.02. The van der Waals surface area contributed by atoms with Gasteiger partial charge in [0.05, 0.1) is 6.04 Å². The molecule has 1 aromatic rings. The van der Waals surface area contributed by atoms with Gasteiger partial charge in [-0.15, -0.1) is 0 Å². The molecule has 0 saturated carbocycles. The van der Waals surface area contributed by atoms with E-state index < -0.39 is 6.04 Å². The van der Waals surface area contributed by atoms with Gasteiger partial charge in [0.25, 0.3) is 0 Å². The summed E-state index contributed by atoms with van der Waals surface area (Å²) in [4.78, 5) is 11.7. The largest absolute Gasteiger partial charge is 0.325 e. The Morgan fingerprint density at radius 2 is 2.00 bits per heavy atom. The van der Waals surface area contributed by atoms with Gasteiger partial charge in [-0.1, -0.05) is 23.2 Å². The fourth-order valence-corrected chi connectivity index (χ4v) is 2.25. The highest BCUT2D eigenvalue weighted by atomic mass is 35.5. The standard InChI is InChI=1S/C11H14Cl2N2OS/c1-17-3-2-10(14)11(16)15-9-5-7(12)4-8(13)6-9/h4-6,10H,2-3,14H2,1H3,(H,15,16)/t10-/m1/s1. The minimum atomic E-state index is -0.514. The summed E-state index contributed by atoms with van der Waals surface area (Å²) in [5.74, 6) is 0.627. The van der Waals surface area contributed by atoms with Crippen LogP contribution in [0.5, 0.6) is 0 Å². The zero-order valence-corrected chi connectivity index (χ0v) is 11.7. The number of carbonyl (C=O) groups is 1. The summed E-state index contributed by atoms with van der Waals surface area (Å²) in [7, 11) is 0. The number of nitrogens with one attached hydrogen (secondary N) is 1. The van der Waals surface area contributed by atoms with Crippen molar-refractivity contribution in [3.8, 4) is 0 Å². The SMILES string of the molecule is CSCC[C@@H](N)C(=O)Nc1cc(Cl)cc(Cl)c1. The zero-order valence-electron chi connectivity index (χ0n) is 9.37. The van der Waals surface area contributed by atoms with E-state index in [1.54, 1.807) is 30.0 Å². The lowest BCUT2D eigenvalue weighted by molar-refractivity contribution is -0.117. The van der Waals surface area contributed by atoms with E-state index in [0.29, 0.717) is 22.2 Å². The summed E-state index contributed by atoms with van der Waals surface area (Å²) in [6.07, 6.45) is 2.61. The molecule has 0 radical (unpaired) electrons. The first-order valence-corrected chi connectivity index (χ1v) is 7.19. The average Bonchev–Trinajstić information content (AvgIpc) is 2.24. The summed E-state index contributed by atoms with van der Waals surface area (Å²) in [6.45, 7) is 0. The number of anilines is 1. The van der Waals surface area contributed by atoms with Crippen molar-refractivity contribution in [2.24, 2.45) is 5.73 Å². The molecule has 3 N–H and O–H groups in total. The Kier molecular flexibility index (Phi) is 6.12. The van der Waals surface area contributed by atoms with Crippen molar-refractivity contribution < 1.29 is 4.79 Å². The minimum absolute atomic E-state index is 0.225. The van der Waals surface area contributed by atoms with Crippen LogP contribution < -0.4 is 11.1 Å². The molecular formula is C11H14Cl2N2OS. The third-order valence-corrected chi connectivity index (χ3v) is 3.18. The highest BCUT2D eigenvalue weighted by molar-refractivity contribution is 7.98. The molecule has 6 heteroatoms. The van der Waals surface area contributed by atoms with Crippen LogP contribution in [0.2, 0.25) is 10.0 Å². The van der Waals surface area contributed by atoms with E-state index >= 15 is 0 Å². The number of benzene rings is 1. The lowest BCUT2D eigenvalue weighted by atomic mass is 10.2. The van der Waals surface area contributed by atoms with Crippen LogP contribution in [-0.2, 0) is 4.79 Å². The number of rotatable bonds is 5. The molecular weight excluding hydrogens is 279 g/mol. The molecule has 0 heterocycles. The van der Waals surface area contributed by atoms with Crippen LogP contribution in [0.15, 0.2) is 18.2 Å². The molecule has 3 nitrogen and oxygen atoms in total. The van der Waals surface area contributed by atoms with Gasteiger partial charge in [0.15, 0.2) is 0 Å². The molecule has 17 heavy (non-hydrogen) atoms. The second kappa shape index (κ2) is 7.11. The smallest absolute Gasteiger partial charge is 0.241 e. The predicted molar refractivity (Wildman–Crippen MR) is 76.1 cm³/mol. The van der Waals surface area contributed by atoms with Crippen LogP contribution in [0.3, 0.4) is 0 Å². The fourth-order valence-electron chi connectivity index (χ4n) is 1.24. The van der Waals surface area contributed by atoms with Crippen molar-refractivity contribution in [1.82, 2.24) is 0 Å². The van der Waals surface area contributed by atoms with Gasteiger partial charge < -0.3 is 11.1 Å². The van der Waals surface area contributed by atoms with Crippen molar-refractivity contribution in [2.75, 3.05) is 17.3 Å². The van der Waals surface area contributed by atoms with Crippen molar-refractivity contribution in [3.63, 3.8) is 0 Å². The maximum absolute atomic E-state index is 11.7. The van der Waals surface area contributed by atoms with Gasteiger partial charge in [-0.05, 0) is 36.6 Å². The van der Waals surface area contributed by atoms with Crippen LogP contribution >= 0.6 is 35.0 Å². The lowest BCUT2D eigenvalue weighted by Gasteiger charge is -2.12. The Balaban J connectivity index is 2.61. The molecule has 0 unspecified atom stereocenters. The van der Waals surface area contributed by atoms with Crippen molar-refractivity contribution in [1.29, 1.82) is 0 Å². The number of amides is 1. The summed E-state index contributed by atoms with van der Waals surface area (Å²) in [5.41, 5.74) is 6.30. The Hall–Kier alpha value is -0.420. The lowest BCUT2D eigenvalue weighted by Crippen LogP contribution is -2.36. The summed E-state index contributed by atoms with van der Waals surface area (Å²) < 4.78 is 0. The van der Waals surface area contributed by atoms with E-state index in [-0.39, 0.29) is 5.91 Å². The maximum Gasteiger partial charge on any atom is 0.241 e. The van der Waals surface area contributed by atoms with E-state index in [4.69, 9.17) is 28.9 Å². The van der Waals surface area contributed by atoms with Gasteiger partial charge in [-0.2, -0.15) is 11.8 Å². The first-order valence-electron chi connectivity index (χ1n) is 5.04. The second-order valence-electron chi connectivity index (χ2n) is 3.54. The fraction of sp³-hybridized carbons (Fsp3) is 0.364.